The Kier molecular flexibility index (Phi) is 4.42. The maximum absolute atomic E-state index is 14.7. The van der Waals surface area contributed by atoms with E-state index in [0.29, 0.717) is 29.3 Å². The van der Waals surface area contributed by atoms with Crippen LogP contribution in [0.4, 0.5) is 14.9 Å². The Morgan fingerprint density at radius 2 is 2.31 bits per heavy atom. The van der Waals surface area contributed by atoms with Gasteiger partial charge in [0.05, 0.1) is 30.8 Å². The van der Waals surface area contributed by atoms with Crippen LogP contribution in [0, 0.1) is 5.82 Å². The fourth-order valence-corrected chi connectivity index (χ4v) is 3.70. The molecule has 0 aliphatic carbocycles. The van der Waals surface area contributed by atoms with E-state index < -0.39 is 11.9 Å². The minimum absolute atomic E-state index is 0.144. The van der Waals surface area contributed by atoms with Gasteiger partial charge in [0.15, 0.2) is 0 Å². The molecule has 0 saturated carbocycles. The summed E-state index contributed by atoms with van der Waals surface area (Å²) in [6, 6.07) is 4.76. The number of halogens is 1. The average Bonchev–Trinajstić information content (AvgIpc) is 3.36. The third-order valence-corrected chi connectivity index (χ3v) is 5.20. The molecule has 2 aromatic heterocycles. The van der Waals surface area contributed by atoms with Crippen LogP contribution in [0.2, 0.25) is 0 Å². The minimum Gasteiger partial charge on any atom is -0.444 e. The highest BCUT2D eigenvalue weighted by molar-refractivity contribution is 7.13. The lowest BCUT2D eigenvalue weighted by molar-refractivity contribution is 0.139. The Balaban J connectivity index is 1.55. The molecule has 8 heteroatoms. The molecular weight excluding hydrogens is 355 g/mol. The number of thiazole rings is 1. The van der Waals surface area contributed by atoms with Crippen molar-refractivity contribution in [2.45, 2.75) is 26.0 Å². The fraction of sp³-hybridized carbons (Fsp3) is 0.278. The SMILES string of the molecule is CC[C@H]1CN(c2ccc(-c3nc(Cn4ccnc4)cs3)c(F)c2)C(=O)O1. The van der Waals surface area contributed by atoms with Crippen molar-refractivity contribution in [3.8, 4) is 10.6 Å². The zero-order valence-corrected chi connectivity index (χ0v) is 14.9. The summed E-state index contributed by atoms with van der Waals surface area (Å²) in [7, 11) is 0. The molecule has 0 N–H and O–H groups in total. The summed E-state index contributed by atoms with van der Waals surface area (Å²) in [5.74, 6) is -0.404. The molecule has 1 saturated heterocycles. The van der Waals surface area contributed by atoms with Crippen LogP contribution >= 0.6 is 11.3 Å². The number of rotatable bonds is 5. The molecule has 134 valence electrons. The number of imidazole rings is 1. The van der Waals surface area contributed by atoms with Gasteiger partial charge in [0, 0.05) is 23.3 Å². The molecule has 6 nitrogen and oxygen atoms in total. The molecule has 0 bridgehead atoms. The van der Waals surface area contributed by atoms with E-state index in [9.17, 15) is 9.18 Å². The van der Waals surface area contributed by atoms with Crippen LogP contribution in [0.3, 0.4) is 0 Å². The number of aromatic nitrogens is 3. The number of ether oxygens (including phenoxy) is 1. The number of cyclic esters (lactones) is 1. The van der Waals surface area contributed by atoms with Crippen molar-refractivity contribution >= 4 is 23.1 Å². The number of carbonyl (C=O) groups excluding carboxylic acids is 1. The molecule has 0 unspecified atom stereocenters. The van der Waals surface area contributed by atoms with E-state index in [-0.39, 0.29) is 6.10 Å². The summed E-state index contributed by atoms with van der Waals surface area (Å²) < 4.78 is 21.8. The number of nitrogens with zero attached hydrogens (tertiary/aromatic N) is 4. The number of anilines is 1. The fourth-order valence-electron chi connectivity index (χ4n) is 2.86. The molecule has 1 atom stereocenters. The van der Waals surface area contributed by atoms with E-state index in [1.54, 1.807) is 24.7 Å². The van der Waals surface area contributed by atoms with E-state index in [1.807, 2.05) is 23.1 Å². The summed E-state index contributed by atoms with van der Waals surface area (Å²) in [5.41, 5.74) is 1.78. The molecule has 3 aromatic rings. The van der Waals surface area contributed by atoms with Crippen LogP contribution in [-0.4, -0.2) is 33.3 Å². The Labute approximate surface area is 153 Å². The standard InChI is InChI=1S/C18H17FN4O2S/c1-2-14-9-23(18(24)25-14)13-3-4-15(16(19)7-13)17-21-12(10-26-17)8-22-6-5-20-11-22/h3-7,10-11,14H,2,8-9H2,1H3/t14-/m0/s1. The second-order valence-electron chi connectivity index (χ2n) is 6.07. The second kappa shape index (κ2) is 6.87. The first-order valence-corrected chi connectivity index (χ1v) is 9.20. The highest BCUT2D eigenvalue weighted by Crippen LogP contribution is 2.31. The predicted octanol–water partition coefficient (Wildman–Crippen LogP) is 3.93. The smallest absolute Gasteiger partial charge is 0.414 e. The minimum atomic E-state index is -0.430. The van der Waals surface area contributed by atoms with Crippen LogP contribution in [0.5, 0.6) is 0 Å². The van der Waals surface area contributed by atoms with Gasteiger partial charge in [-0.25, -0.2) is 19.2 Å². The quantitative estimate of drug-likeness (QED) is 0.681. The number of benzene rings is 1. The molecular formula is C18H17FN4O2S. The van der Waals surface area contributed by atoms with Crippen LogP contribution in [0.15, 0.2) is 42.3 Å². The zero-order chi connectivity index (χ0) is 18.1. The van der Waals surface area contributed by atoms with Crippen LogP contribution in [-0.2, 0) is 11.3 Å². The van der Waals surface area contributed by atoms with Gasteiger partial charge < -0.3 is 9.30 Å². The van der Waals surface area contributed by atoms with Crippen LogP contribution < -0.4 is 4.90 Å². The second-order valence-corrected chi connectivity index (χ2v) is 6.93. The van der Waals surface area contributed by atoms with Gasteiger partial charge >= 0.3 is 6.09 Å². The summed E-state index contributed by atoms with van der Waals surface area (Å²) >= 11 is 1.39. The van der Waals surface area contributed by atoms with Gasteiger partial charge in [-0.1, -0.05) is 6.92 Å². The largest absolute Gasteiger partial charge is 0.444 e. The van der Waals surface area contributed by atoms with Crippen LogP contribution in [0.25, 0.3) is 10.6 Å². The summed E-state index contributed by atoms with van der Waals surface area (Å²) in [4.78, 5) is 21.9. The maximum atomic E-state index is 14.7. The Morgan fingerprint density at radius 1 is 1.42 bits per heavy atom. The van der Waals surface area contributed by atoms with E-state index in [4.69, 9.17) is 4.74 Å². The van der Waals surface area contributed by atoms with Crippen molar-refractivity contribution in [3.05, 3.63) is 53.8 Å². The lowest BCUT2D eigenvalue weighted by atomic mass is 10.2. The van der Waals surface area contributed by atoms with E-state index in [2.05, 4.69) is 9.97 Å². The third-order valence-electron chi connectivity index (χ3n) is 4.28. The number of amides is 1. The highest BCUT2D eigenvalue weighted by atomic mass is 32.1. The third kappa shape index (κ3) is 3.20. The van der Waals surface area contributed by atoms with E-state index >= 15 is 0 Å². The average molecular weight is 372 g/mol. The summed E-state index contributed by atoms with van der Waals surface area (Å²) in [6.45, 7) is 2.99. The van der Waals surface area contributed by atoms with Crippen molar-refractivity contribution in [1.82, 2.24) is 14.5 Å². The first-order chi connectivity index (χ1) is 12.6. The molecule has 0 radical (unpaired) electrons. The van der Waals surface area contributed by atoms with Crippen molar-refractivity contribution in [1.29, 1.82) is 0 Å². The van der Waals surface area contributed by atoms with Crippen LogP contribution in [0.1, 0.15) is 19.0 Å². The van der Waals surface area contributed by atoms with E-state index in [1.165, 1.54) is 22.3 Å². The monoisotopic (exact) mass is 372 g/mol. The Bertz CT molecular complexity index is 925. The van der Waals surface area contributed by atoms with Crippen molar-refractivity contribution < 1.29 is 13.9 Å². The van der Waals surface area contributed by atoms with Gasteiger partial charge in [-0.05, 0) is 24.6 Å². The normalized spacial score (nSPS) is 16.9. The molecule has 3 heterocycles. The van der Waals surface area contributed by atoms with Gasteiger partial charge in [0.25, 0.3) is 0 Å². The summed E-state index contributed by atoms with van der Waals surface area (Å²) in [5, 5.41) is 2.52. The Hall–Kier alpha value is -2.74. The molecule has 1 fully saturated rings. The maximum Gasteiger partial charge on any atom is 0.414 e. The topological polar surface area (TPSA) is 60.2 Å². The lowest BCUT2D eigenvalue weighted by Crippen LogP contribution is -2.24. The Morgan fingerprint density at radius 3 is 3.00 bits per heavy atom. The van der Waals surface area contributed by atoms with Gasteiger partial charge in [0.1, 0.15) is 16.9 Å². The van der Waals surface area contributed by atoms with Gasteiger partial charge in [-0.15, -0.1) is 11.3 Å². The summed E-state index contributed by atoms with van der Waals surface area (Å²) in [6.07, 6.45) is 5.44. The molecule has 1 aromatic carbocycles. The zero-order valence-electron chi connectivity index (χ0n) is 14.1. The van der Waals surface area contributed by atoms with Crippen molar-refractivity contribution in [2.24, 2.45) is 0 Å². The lowest BCUT2D eigenvalue weighted by Gasteiger charge is -2.13. The first-order valence-electron chi connectivity index (χ1n) is 8.32. The molecule has 1 aliphatic rings. The van der Waals surface area contributed by atoms with Gasteiger partial charge in [-0.2, -0.15) is 0 Å². The number of hydrogen-bond donors (Lipinski definition) is 0. The number of carbonyl (C=O) groups is 1. The van der Waals surface area contributed by atoms with Gasteiger partial charge in [0.2, 0.25) is 0 Å². The molecule has 4 rings (SSSR count). The molecule has 0 spiro atoms. The highest BCUT2D eigenvalue weighted by Gasteiger charge is 2.31. The molecule has 26 heavy (non-hydrogen) atoms. The van der Waals surface area contributed by atoms with Gasteiger partial charge in [-0.3, -0.25) is 4.90 Å². The first kappa shape index (κ1) is 16.7. The molecule has 1 amide bonds. The van der Waals surface area contributed by atoms with Crippen molar-refractivity contribution in [2.75, 3.05) is 11.4 Å². The number of hydrogen-bond acceptors (Lipinski definition) is 5. The van der Waals surface area contributed by atoms with E-state index in [0.717, 1.165) is 12.1 Å². The molecule has 1 aliphatic heterocycles. The van der Waals surface area contributed by atoms with Crippen molar-refractivity contribution in [3.63, 3.8) is 0 Å². The predicted molar refractivity (Wildman–Crippen MR) is 96.7 cm³/mol.